The highest BCUT2D eigenvalue weighted by atomic mass is 19.1. The Bertz CT molecular complexity index is 329. The molecule has 1 aliphatic rings. The molecule has 0 heterocycles. The van der Waals surface area contributed by atoms with Crippen LogP contribution < -0.4 is 5.32 Å². The molecular formula is C13H18FN. The van der Waals surface area contributed by atoms with Gasteiger partial charge in [-0.3, -0.25) is 0 Å². The Balaban J connectivity index is 2.00. The van der Waals surface area contributed by atoms with Gasteiger partial charge < -0.3 is 5.32 Å². The summed E-state index contributed by atoms with van der Waals surface area (Å²) in [5.41, 5.74) is 1.77. The fraction of sp³-hybridized carbons (Fsp3) is 0.538. The Labute approximate surface area is 90.7 Å². The summed E-state index contributed by atoms with van der Waals surface area (Å²) >= 11 is 0. The number of hydrogen-bond acceptors (Lipinski definition) is 1. The highest BCUT2D eigenvalue weighted by Crippen LogP contribution is 2.22. The van der Waals surface area contributed by atoms with Gasteiger partial charge in [0.05, 0.1) is 0 Å². The summed E-state index contributed by atoms with van der Waals surface area (Å²) < 4.78 is 13.0. The fourth-order valence-corrected chi connectivity index (χ4v) is 2.22. The summed E-state index contributed by atoms with van der Waals surface area (Å²) in [6.45, 7) is 1.81. The van der Waals surface area contributed by atoms with Crippen LogP contribution in [-0.4, -0.2) is 6.04 Å². The molecule has 1 fully saturated rings. The van der Waals surface area contributed by atoms with Crippen molar-refractivity contribution < 1.29 is 4.39 Å². The number of aryl methyl sites for hydroxylation is 1. The van der Waals surface area contributed by atoms with Crippen molar-refractivity contribution in [2.75, 3.05) is 5.32 Å². The first-order valence-corrected chi connectivity index (χ1v) is 5.78. The molecule has 0 spiro atoms. The minimum atomic E-state index is -0.121. The molecular weight excluding hydrogens is 189 g/mol. The Hall–Kier alpha value is -1.05. The van der Waals surface area contributed by atoms with Crippen molar-refractivity contribution in [2.45, 2.75) is 45.1 Å². The van der Waals surface area contributed by atoms with Crippen molar-refractivity contribution in [3.05, 3.63) is 29.6 Å². The number of nitrogens with one attached hydrogen (secondary N) is 1. The van der Waals surface area contributed by atoms with E-state index in [2.05, 4.69) is 5.32 Å². The molecule has 0 radical (unpaired) electrons. The molecule has 1 N–H and O–H groups in total. The molecule has 1 aromatic rings. The third-order valence-electron chi connectivity index (χ3n) is 3.13. The minimum absolute atomic E-state index is 0.121. The number of anilines is 1. The lowest BCUT2D eigenvalue weighted by Crippen LogP contribution is -2.22. The first-order valence-electron chi connectivity index (χ1n) is 5.78. The molecule has 2 heteroatoms. The summed E-state index contributed by atoms with van der Waals surface area (Å²) in [6, 6.07) is 5.85. The highest BCUT2D eigenvalue weighted by Gasteiger charge is 2.12. The summed E-state index contributed by atoms with van der Waals surface area (Å²) in [5.74, 6) is -0.121. The first-order chi connectivity index (χ1) is 7.25. The zero-order valence-corrected chi connectivity index (χ0v) is 9.22. The quantitative estimate of drug-likeness (QED) is 0.776. The number of halogens is 1. The number of benzene rings is 1. The molecule has 2 rings (SSSR count). The van der Waals surface area contributed by atoms with E-state index >= 15 is 0 Å². The van der Waals surface area contributed by atoms with E-state index in [0.29, 0.717) is 6.04 Å². The maximum absolute atomic E-state index is 13.0. The number of rotatable bonds is 2. The molecule has 1 saturated carbocycles. The van der Waals surface area contributed by atoms with Gasteiger partial charge in [0.1, 0.15) is 5.82 Å². The molecule has 0 bridgehead atoms. The largest absolute Gasteiger partial charge is 0.382 e. The molecule has 15 heavy (non-hydrogen) atoms. The Morgan fingerprint density at radius 2 is 1.93 bits per heavy atom. The van der Waals surface area contributed by atoms with Crippen LogP contribution in [0.1, 0.15) is 37.7 Å². The molecule has 0 aliphatic heterocycles. The van der Waals surface area contributed by atoms with Gasteiger partial charge in [0, 0.05) is 11.7 Å². The molecule has 0 saturated heterocycles. The minimum Gasteiger partial charge on any atom is -0.382 e. The van der Waals surface area contributed by atoms with E-state index in [1.807, 2.05) is 12.1 Å². The molecule has 0 atom stereocenters. The fourth-order valence-electron chi connectivity index (χ4n) is 2.22. The Kier molecular flexibility index (Phi) is 3.24. The smallest absolute Gasteiger partial charge is 0.126 e. The van der Waals surface area contributed by atoms with Gasteiger partial charge in [0.25, 0.3) is 0 Å². The third kappa shape index (κ3) is 2.71. The van der Waals surface area contributed by atoms with Gasteiger partial charge in [-0.25, -0.2) is 4.39 Å². The van der Waals surface area contributed by atoms with Gasteiger partial charge in [-0.1, -0.05) is 19.3 Å². The van der Waals surface area contributed by atoms with E-state index in [1.165, 1.54) is 32.1 Å². The van der Waals surface area contributed by atoms with Gasteiger partial charge in [-0.05, 0) is 43.5 Å². The summed E-state index contributed by atoms with van der Waals surface area (Å²) in [5, 5.41) is 3.48. The van der Waals surface area contributed by atoms with Crippen molar-refractivity contribution in [3.8, 4) is 0 Å². The first kappa shape index (κ1) is 10.5. The van der Waals surface area contributed by atoms with Crippen LogP contribution in [0.25, 0.3) is 0 Å². The SMILES string of the molecule is Cc1cc(NC2CCCCC2)ccc1F. The second kappa shape index (κ2) is 4.65. The van der Waals surface area contributed by atoms with Crippen molar-refractivity contribution in [1.29, 1.82) is 0 Å². The summed E-state index contributed by atoms with van der Waals surface area (Å²) in [7, 11) is 0. The average Bonchev–Trinajstić information content (AvgIpc) is 2.25. The Morgan fingerprint density at radius 1 is 1.20 bits per heavy atom. The van der Waals surface area contributed by atoms with E-state index < -0.39 is 0 Å². The zero-order chi connectivity index (χ0) is 10.7. The monoisotopic (exact) mass is 207 g/mol. The standard InChI is InChI=1S/C13H18FN/c1-10-9-12(7-8-13(10)14)15-11-5-3-2-4-6-11/h7-9,11,15H,2-6H2,1H3. The summed E-state index contributed by atoms with van der Waals surface area (Å²) in [4.78, 5) is 0. The maximum atomic E-state index is 13.0. The van der Waals surface area contributed by atoms with Crippen LogP contribution in [0.3, 0.4) is 0 Å². The second-order valence-corrected chi connectivity index (χ2v) is 4.44. The topological polar surface area (TPSA) is 12.0 Å². The molecule has 0 amide bonds. The van der Waals surface area contributed by atoms with E-state index in [1.54, 1.807) is 13.0 Å². The van der Waals surface area contributed by atoms with Crippen LogP contribution in [-0.2, 0) is 0 Å². The molecule has 82 valence electrons. The van der Waals surface area contributed by atoms with Crippen LogP contribution in [0, 0.1) is 12.7 Å². The lowest BCUT2D eigenvalue weighted by atomic mass is 9.95. The van der Waals surface area contributed by atoms with Crippen molar-refractivity contribution in [1.82, 2.24) is 0 Å². The summed E-state index contributed by atoms with van der Waals surface area (Å²) in [6.07, 6.45) is 6.49. The van der Waals surface area contributed by atoms with E-state index in [9.17, 15) is 4.39 Å². The van der Waals surface area contributed by atoms with Gasteiger partial charge in [-0.15, -0.1) is 0 Å². The Morgan fingerprint density at radius 3 is 2.60 bits per heavy atom. The van der Waals surface area contributed by atoms with Gasteiger partial charge in [0.2, 0.25) is 0 Å². The van der Waals surface area contributed by atoms with E-state index in [4.69, 9.17) is 0 Å². The van der Waals surface area contributed by atoms with Gasteiger partial charge in [0.15, 0.2) is 0 Å². The van der Waals surface area contributed by atoms with Crippen LogP contribution in [0.15, 0.2) is 18.2 Å². The molecule has 0 aromatic heterocycles. The van der Waals surface area contributed by atoms with Crippen LogP contribution in [0.5, 0.6) is 0 Å². The zero-order valence-electron chi connectivity index (χ0n) is 9.22. The van der Waals surface area contributed by atoms with E-state index in [0.717, 1.165) is 11.3 Å². The third-order valence-corrected chi connectivity index (χ3v) is 3.13. The van der Waals surface area contributed by atoms with Crippen LogP contribution in [0.4, 0.5) is 10.1 Å². The van der Waals surface area contributed by atoms with Crippen LogP contribution >= 0.6 is 0 Å². The predicted octanol–water partition coefficient (Wildman–Crippen LogP) is 3.88. The molecule has 1 nitrogen and oxygen atoms in total. The normalized spacial score (nSPS) is 17.7. The van der Waals surface area contributed by atoms with Gasteiger partial charge >= 0.3 is 0 Å². The van der Waals surface area contributed by atoms with E-state index in [-0.39, 0.29) is 5.82 Å². The molecule has 1 aromatic carbocycles. The van der Waals surface area contributed by atoms with Crippen molar-refractivity contribution in [3.63, 3.8) is 0 Å². The number of hydrogen-bond donors (Lipinski definition) is 1. The lowest BCUT2D eigenvalue weighted by Gasteiger charge is -2.24. The van der Waals surface area contributed by atoms with Crippen molar-refractivity contribution >= 4 is 5.69 Å². The second-order valence-electron chi connectivity index (χ2n) is 4.44. The maximum Gasteiger partial charge on any atom is 0.126 e. The predicted molar refractivity (Wildman–Crippen MR) is 61.6 cm³/mol. The van der Waals surface area contributed by atoms with Crippen LogP contribution in [0.2, 0.25) is 0 Å². The highest BCUT2D eigenvalue weighted by molar-refractivity contribution is 5.46. The van der Waals surface area contributed by atoms with Gasteiger partial charge in [-0.2, -0.15) is 0 Å². The lowest BCUT2D eigenvalue weighted by molar-refractivity contribution is 0.462. The average molecular weight is 207 g/mol. The van der Waals surface area contributed by atoms with Crippen molar-refractivity contribution in [2.24, 2.45) is 0 Å². The molecule has 1 aliphatic carbocycles. The molecule has 0 unspecified atom stereocenters.